The van der Waals surface area contributed by atoms with E-state index in [9.17, 15) is 9.90 Å². The zero-order chi connectivity index (χ0) is 12.4. The van der Waals surface area contributed by atoms with E-state index in [2.05, 4.69) is 10.5 Å². The number of nitrogens with one attached hydrogen (secondary N) is 1. The van der Waals surface area contributed by atoms with Gasteiger partial charge in [0.05, 0.1) is 6.10 Å². The summed E-state index contributed by atoms with van der Waals surface area (Å²) in [4.78, 5) is 11.7. The van der Waals surface area contributed by atoms with Gasteiger partial charge in [-0.1, -0.05) is 5.16 Å². The first-order valence-corrected chi connectivity index (χ1v) is 5.63. The molecule has 0 saturated heterocycles. The van der Waals surface area contributed by atoms with Crippen LogP contribution in [-0.2, 0) is 0 Å². The quantitative estimate of drug-likeness (QED) is 0.682. The van der Waals surface area contributed by atoms with Gasteiger partial charge < -0.3 is 20.1 Å². The monoisotopic (exact) mass is 240 g/mol. The number of carbonyl (C=O) groups excluding carboxylic acids is 1. The van der Waals surface area contributed by atoms with Gasteiger partial charge in [0.2, 0.25) is 0 Å². The second kappa shape index (κ2) is 4.85. The van der Waals surface area contributed by atoms with Crippen molar-refractivity contribution in [3.63, 3.8) is 0 Å². The third-order valence-electron chi connectivity index (χ3n) is 3.09. The van der Waals surface area contributed by atoms with E-state index < -0.39 is 6.10 Å². The number of nitrogens with zero attached hydrogens (tertiary/aromatic N) is 1. The average Bonchev–Trinajstić information content (AvgIpc) is 2.85. The van der Waals surface area contributed by atoms with E-state index in [1.807, 2.05) is 0 Å². The Morgan fingerprint density at radius 2 is 2.41 bits per heavy atom. The van der Waals surface area contributed by atoms with Crippen LogP contribution in [0.1, 0.15) is 29.1 Å². The fourth-order valence-corrected chi connectivity index (χ4v) is 2.15. The minimum Gasteiger partial charge on any atom is -0.396 e. The topological polar surface area (TPSA) is 95.6 Å². The van der Waals surface area contributed by atoms with Gasteiger partial charge in [0.25, 0.3) is 5.91 Å². The number of hydrogen-bond donors (Lipinski definition) is 3. The van der Waals surface area contributed by atoms with E-state index in [0.717, 1.165) is 0 Å². The molecule has 1 aromatic rings. The predicted octanol–water partition coefficient (Wildman–Crippen LogP) is -0.155. The predicted molar refractivity (Wildman–Crippen MR) is 58.3 cm³/mol. The van der Waals surface area contributed by atoms with Crippen molar-refractivity contribution in [2.24, 2.45) is 5.92 Å². The summed E-state index contributed by atoms with van der Waals surface area (Å²) in [5.41, 5.74) is 0.240. The Morgan fingerprint density at radius 1 is 1.65 bits per heavy atom. The maximum Gasteiger partial charge on any atom is 0.273 e. The van der Waals surface area contributed by atoms with Crippen LogP contribution in [0.15, 0.2) is 10.6 Å². The van der Waals surface area contributed by atoms with E-state index in [0.29, 0.717) is 18.6 Å². The summed E-state index contributed by atoms with van der Waals surface area (Å²) < 4.78 is 4.81. The molecular formula is C11H16N2O4. The molecule has 1 fully saturated rings. The van der Waals surface area contributed by atoms with Crippen LogP contribution in [0.25, 0.3) is 0 Å². The lowest BCUT2D eigenvalue weighted by molar-refractivity contribution is 0.0902. The third kappa shape index (κ3) is 2.65. The van der Waals surface area contributed by atoms with Gasteiger partial charge in [-0.3, -0.25) is 4.79 Å². The molecule has 6 nitrogen and oxygen atoms in total. The highest BCUT2D eigenvalue weighted by Gasteiger charge is 2.33. The normalized spacial score (nSPS) is 28.3. The highest BCUT2D eigenvalue weighted by molar-refractivity contribution is 5.92. The summed E-state index contributed by atoms with van der Waals surface area (Å²) in [6.07, 6.45) is 0.498. The fraction of sp³-hybridized carbons (Fsp3) is 0.636. The first kappa shape index (κ1) is 12.1. The molecule has 3 N–H and O–H groups in total. The Morgan fingerprint density at radius 3 is 2.94 bits per heavy atom. The number of hydrogen-bond acceptors (Lipinski definition) is 5. The van der Waals surface area contributed by atoms with Crippen LogP contribution in [0.3, 0.4) is 0 Å². The van der Waals surface area contributed by atoms with Crippen molar-refractivity contribution in [2.45, 2.75) is 31.9 Å². The zero-order valence-corrected chi connectivity index (χ0v) is 9.59. The van der Waals surface area contributed by atoms with Crippen molar-refractivity contribution in [1.82, 2.24) is 10.5 Å². The molecule has 1 aromatic heterocycles. The average molecular weight is 240 g/mol. The molecule has 1 heterocycles. The molecule has 0 bridgehead atoms. The highest BCUT2D eigenvalue weighted by atomic mass is 16.5. The van der Waals surface area contributed by atoms with Crippen molar-refractivity contribution < 1.29 is 19.5 Å². The van der Waals surface area contributed by atoms with Crippen LogP contribution in [-0.4, -0.2) is 40.0 Å². The molecule has 2 rings (SSSR count). The van der Waals surface area contributed by atoms with Gasteiger partial charge in [-0.05, 0) is 19.8 Å². The SMILES string of the molecule is Cc1cc(C(=O)N[C@H]2C[C@@H](CO)[C@H](O)C2)no1. The van der Waals surface area contributed by atoms with Gasteiger partial charge >= 0.3 is 0 Å². The Balaban J connectivity index is 1.92. The molecule has 17 heavy (non-hydrogen) atoms. The summed E-state index contributed by atoms with van der Waals surface area (Å²) in [7, 11) is 0. The van der Waals surface area contributed by atoms with Gasteiger partial charge in [-0.25, -0.2) is 0 Å². The zero-order valence-electron chi connectivity index (χ0n) is 9.59. The Bertz CT molecular complexity index is 404. The van der Waals surface area contributed by atoms with Crippen molar-refractivity contribution in [2.75, 3.05) is 6.61 Å². The molecule has 1 saturated carbocycles. The molecule has 94 valence electrons. The molecule has 3 atom stereocenters. The van der Waals surface area contributed by atoms with E-state index >= 15 is 0 Å². The molecule has 1 aliphatic rings. The van der Waals surface area contributed by atoms with E-state index in [4.69, 9.17) is 9.63 Å². The lowest BCUT2D eigenvalue weighted by atomic mass is 10.1. The maximum absolute atomic E-state index is 11.7. The van der Waals surface area contributed by atoms with Crippen molar-refractivity contribution in [1.29, 1.82) is 0 Å². The second-order valence-corrected chi connectivity index (χ2v) is 4.47. The second-order valence-electron chi connectivity index (χ2n) is 4.47. The van der Waals surface area contributed by atoms with Crippen LogP contribution in [0.5, 0.6) is 0 Å². The Kier molecular flexibility index (Phi) is 3.44. The number of carbonyl (C=O) groups is 1. The smallest absolute Gasteiger partial charge is 0.273 e. The molecule has 0 radical (unpaired) electrons. The van der Waals surface area contributed by atoms with Crippen molar-refractivity contribution in [3.05, 3.63) is 17.5 Å². The molecule has 6 heteroatoms. The number of aryl methyl sites for hydroxylation is 1. The van der Waals surface area contributed by atoms with Crippen LogP contribution in [0, 0.1) is 12.8 Å². The first-order chi connectivity index (χ1) is 8.10. The molecular weight excluding hydrogens is 224 g/mol. The minimum absolute atomic E-state index is 0.0589. The van der Waals surface area contributed by atoms with E-state index in [-0.39, 0.29) is 30.2 Å². The first-order valence-electron chi connectivity index (χ1n) is 5.63. The van der Waals surface area contributed by atoms with Crippen molar-refractivity contribution >= 4 is 5.91 Å². The number of aromatic nitrogens is 1. The standard InChI is InChI=1S/C11H16N2O4/c1-6-2-9(13-17-6)11(16)12-8-3-7(5-14)10(15)4-8/h2,7-8,10,14-15H,3-5H2,1H3,(H,12,16)/t7-,8-,10+/m0/s1. The van der Waals surface area contributed by atoms with Crippen LogP contribution in [0.4, 0.5) is 0 Å². The van der Waals surface area contributed by atoms with Gasteiger partial charge in [-0.15, -0.1) is 0 Å². The maximum atomic E-state index is 11.7. The number of amides is 1. The molecule has 0 aromatic carbocycles. The van der Waals surface area contributed by atoms with Crippen LogP contribution < -0.4 is 5.32 Å². The summed E-state index contributed by atoms with van der Waals surface area (Å²) in [5.74, 6) is 0.117. The molecule has 0 unspecified atom stereocenters. The highest BCUT2D eigenvalue weighted by Crippen LogP contribution is 2.25. The molecule has 0 aliphatic heterocycles. The lowest BCUT2D eigenvalue weighted by Crippen LogP contribution is -2.33. The Hall–Kier alpha value is -1.40. The number of aliphatic hydroxyl groups excluding tert-OH is 2. The van der Waals surface area contributed by atoms with Gasteiger partial charge in [0.15, 0.2) is 5.69 Å². The van der Waals surface area contributed by atoms with Gasteiger partial charge in [0, 0.05) is 24.6 Å². The third-order valence-corrected chi connectivity index (χ3v) is 3.09. The number of aliphatic hydroxyl groups is 2. The fourth-order valence-electron chi connectivity index (χ4n) is 2.15. The Labute approximate surface area is 98.6 Å². The largest absolute Gasteiger partial charge is 0.396 e. The summed E-state index contributed by atoms with van der Waals surface area (Å²) in [6.45, 7) is 1.65. The molecule has 0 spiro atoms. The summed E-state index contributed by atoms with van der Waals surface area (Å²) >= 11 is 0. The van der Waals surface area contributed by atoms with Crippen LogP contribution >= 0.6 is 0 Å². The van der Waals surface area contributed by atoms with E-state index in [1.165, 1.54) is 0 Å². The minimum atomic E-state index is -0.552. The lowest BCUT2D eigenvalue weighted by Gasteiger charge is -2.10. The number of rotatable bonds is 3. The molecule has 1 amide bonds. The van der Waals surface area contributed by atoms with Crippen LogP contribution in [0.2, 0.25) is 0 Å². The molecule has 1 aliphatic carbocycles. The summed E-state index contributed by atoms with van der Waals surface area (Å²) in [6, 6.07) is 1.44. The van der Waals surface area contributed by atoms with Crippen molar-refractivity contribution in [3.8, 4) is 0 Å². The van der Waals surface area contributed by atoms with E-state index in [1.54, 1.807) is 13.0 Å². The van der Waals surface area contributed by atoms with Gasteiger partial charge in [0.1, 0.15) is 5.76 Å². The van der Waals surface area contributed by atoms with Gasteiger partial charge in [-0.2, -0.15) is 0 Å². The summed E-state index contributed by atoms with van der Waals surface area (Å²) in [5, 5.41) is 25.0.